The Morgan fingerprint density at radius 3 is 2.38 bits per heavy atom. The Morgan fingerprint density at radius 1 is 1.00 bits per heavy atom. The van der Waals surface area contributed by atoms with Crippen LogP contribution >= 0.6 is 23.2 Å². The highest BCUT2D eigenvalue weighted by Gasteiger charge is 2.28. The summed E-state index contributed by atoms with van der Waals surface area (Å²) in [5.41, 5.74) is 1.63. The van der Waals surface area contributed by atoms with E-state index in [1.807, 2.05) is 0 Å². The number of benzene rings is 2. The van der Waals surface area contributed by atoms with E-state index >= 15 is 0 Å². The van der Waals surface area contributed by atoms with Gasteiger partial charge in [-0.1, -0.05) is 23.2 Å². The van der Waals surface area contributed by atoms with Gasteiger partial charge in [-0.15, -0.1) is 0 Å². The second-order valence-corrected chi connectivity index (χ2v) is 5.67. The van der Waals surface area contributed by atoms with Crippen molar-refractivity contribution in [2.45, 2.75) is 6.42 Å². The van der Waals surface area contributed by atoms with Gasteiger partial charge in [0.05, 0.1) is 5.69 Å². The van der Waals surface area contributed by atoms with Crippen LogP contribution in [0.3, 0.4) is 0 Å². The Hall–Kier alpha value is -1.84. The van der Waals surface area contributed by atoms with Crippen LogP contribution in [0.5, 0.6) is 0 Å². The lowest BCUT2D eigenvalue weighted by Gasteiger charge is -2.29. The van der Waals surface area contributed by atoms with E-state index in [9.17, 15) is 9.59 Å². The Labute approximate surface area is 132 Å². The molecular weight excluding hydrogens is 309 g/mol. The summed E-state index contributed by atoms with van der Waals surface area (Å²) in [5.74, 6) is -0.135. The SMILES string of the molecule is O=C1CCN(C(=O)c2ccc(Cl)cc2)c2cc(Cl)ccc21. The predicted molar refractivity (Wildman–Crippen MR) is 83.5 cm³/mol. The molecule has 2 aromatic rings. The van der Waals surface area contributed by atoms with E-state index in [0.717, 1.165) is 0 Å². The molecule has 0 radical (unpaired) electrons. The van der Waals surface area contributed by atoms with Crippen LogP contribution in [0.1, 0.15) is 27.1 Å². The normalized spacial score (nSPS) is 14.0. The van der Waals surface area contributed by atoms with Crippen molar-refractivity contribution in [3.8, 4) is 0 Å². The molecule has 0 bridgehead atoms. The van der Waals surface area contributed by atoms with Crippen LogP contribution < -0.4 is 4.90 Å². The van der Waals surface area contributed by atoms with Gasteiger partial charge in [-0.2, -0.15) is 0 Å². The molecule has 0 spiro atoms. The zero-order valence-electron chi connectivity index (χ0n) is 11.0. The molecule has 0 unspecified atom stereocenters. The van der Waals surface area contributed by atoms with Crippen LogP contribution in [0, 0.1) is 0 Å². The minimum Gasteiger partial charge on any atom is -0.307 e. The fourth-order valence-corrected chi connectivity index (χ4v) is 2.68. The standard InChI is InChI=1S/C16H11Cl2NO2/c17-11-3-1-10(2-4-11)16(21)19-8-7-15(20)13-6-5-12(18)9-14(13)19/h1-6,9H,7-8H2. The number of anilines is 1. The van der Waals surface area contributed by atoms with Gasteiger partial charge in [0.25, 0.3) is 5.91 Å². The first-order chi connectivity index (χ1) is 10.1. The molecule has 3 nitrogen and oxygen atoms in total. The third-order valence-corrected chi connectivity index (χ3v) is 3.94. The lowest BCUT2D eigenvalue weighted by Crippen LogP contribution is -2.37. The first kappa shape index (κ1) is 14.1. The number of carbonyl (C=O) groups excluding carboxylic acids is 2. The largest absolute Gasteiger partial charge is 0.307 e. The monoisotopic (exact) mass is 319 g/mol. The zero-order valence-corrected chi connectivity index (χ0v) is 12.5. The summed E-state index contributed by atoms with van der Waals surface area (Å²) in [6.07, 6.45) is 0.313. The van der Waals surface area contributed by atoms with E-state index in [4.69, 9.17) is 23.2 Å². The van der Waals surface area contributed by atoms with Crippen molar-refractivity contribution in [2.24, 2.45) is 0 Å². The molecule has 1 aliphatic rings. The molecule has 21 heavy (non-hydrogen) atoms. The number of halogens is 2. The average molecular weight is 320 g/mol. The van der Waals surface area contributed by atoms with Gasteiger partial charge >= 0.3 is 0 Å². The first-order valence-electron chi connectivity index (χ1n) is 6.46. The van der Waals surface area contributed by atoms with Crippen molar-refractivity contribution in [3.63, 3.8) is 0 Å². The van der Waals surface area contributed by atoms with E-state index in [1.54, 1.807) is 47.4 Å². The number of fused-ring (bicyclic) bond motifs is 1. The highest BCUT2D eigenvalue weighted by atomic mass is 35.5. The van der Waals surface area contributed by atoms with Crippen molar-refractivity contribution in [1.82, 2.24) is 0 Å². The van der Waals surface area contributed by atoms with E-state index in [-0.39, 0.29) is 11.7 Å². The van der Waals surface area contributed by atoms with E-state index < -0.39 is 0 Å². The quantitative estimate of drug-likeness (QED) is 0.789. The summed E-state index contributed by atoms with van der Waals surface area (Å²) in [4.78, 5) is 26.2. The van der Waals surface area contributed by atoms with Gasteiger partial charge < -0.3 is 4.90 Å². The van der Waals surface area contributed by atoms with Gasteiger partial charge in [0.2, 0.25) is 0 Å². The number of hydrogen-bond donors (Lipinski definition) is 0. The summed E-state index contributed by atoms with van der Waals surface area (Å²) >= 11 is 11.8. The number of carbonyl (C=O) groups is 2. The lowest BCUT2D eigenvalue weighted by atomic mass is 9.99. The minimum atomic E-state index is -0.164. The minimum absolute atomic E-state index is 0.0295. The Kier molecular flexibility index (Phi) is 3.70. The molecule has 2 aromatic carbocycles. The number of hydrogen-bond acceptors (Lipinski definition) is 2. The van der Waals surface area contributed by atoms with E-state index in [2.05, 4.69) is 0 Å². The van der Waals surface area contributed by atoms with Crippen LogP contribution in [0.2, 0.25) is 10.0 Å². The number of Topliss-reactive ketones (excluding diaryl/α,β-unsaturated/α-hetero) is 1. The van der Waals surface area contributed by atoms with E-state index in [0.29, 0.717) is 39.8 Å². The van der Waals surface area contributed by atoms with Crippen molar-refractivity contribution in [2.75, 3.05) is 11.4 Å². The fraction of sp³-hybridized carbons (Fsp3) is 0.125. The third kappa shape index (κ3) is 2.67. The summed E-state index contributed by atoms with van der Waals surface area (Å²) in [5, 5.41) is 1.07. The molecular formula is C16H11Cl2NO2. The molecule has 3 rings (SSSR count). The third-order valence-electron chi connectivity index (χ3n) is 3.45. The van der Waals surface area contributed by atoms with Crippen LogP contribution in [0.15, 0.2) is 42.5 Å². The second-order valence-electron chi connectivity index (χ2n) is 4.80. The van der Waals surface area contributed by atoms with Gasteiger partial charge in [0, 0.05) is 34.1 Å². The van der Waals surface area contributed by atoms with Crippen LogP contribution in [0.4, 0.5) is 5.69 Å². The molecule has 0 saturated heterocycles. The molecule has 1 amide bonds. The summed E-state index contributed by atoms with van der Waals surface area (Å²) in [6, 6.07) is 11.7. The van der Waals surface area contributed by atoms with Gasteiger partial charge in [-0.3, -0.25) is 9.59 Å². The number of amides is 1. The molecule has 0 aromatic heterocycles. The summed E-state index contributed by atoms with van der Waals surface area (Å²) in [6.45, 7) is 0.355. The molecule has 0 fully saturated rings. The fourth-order valence-electron chi connectivity index (χ4n) is 2.39. The van der Waals surface area contributed by atoms with Crippen LogP contribution in [0.25, 0.3) is 0 Å². The van der Waals surface area contributed by atoms with Crippen LogP contribution in [-0.2, 0) is 0 Å². The number of nitrogens with zero attached hydrogens (tertiary/aromatic N) is 1. The topological polar surface area (TPSA) is 37.4 Å². The predicted octanol–water partition coefficient (Wildman–Crippen LogP) is 4.23. The molecule has 1 heterocycles. The average Bonchev–Trinajstić information content (AvgIpc) is 2.47. The van der Waals surface area contributed by atoms with Crippen molar-refractivity contribution in [1.29, 1.82) is 0 Å². The molecule has 0 saturated carbocycles. The maximum atomic E-state index is 12.6. The molecule has 106 valence electrons. The lowest BCUT2D eigenvalue weighted by molar-refractivity contribution is 0.0955. The molecule has 0 aliphatic carbocycles. The van der Waals surface area contributed by atoms with Gasteiger partial charge in [-0.05, 0) is 42.5 Å². The number of ketones is 1. The van der Waals surface area contributed by atoms with Crippen molar-refractivity contribution >= 4 is 40.6 Å². The highest BCUT2D eigenvalue weighted by molar-refractivity contribution is 6.31. The summed E-state index contributed by atoms with van der Waals surface area (Å²) in [7, 11) is 0. The molecule has 0 N–H and O–H groups in total. The number of rotatable bonds is 1. The van der Waals surface area contributed by atoms with Gasteiger partial charge in [-0.25, -0.2) is 0 Å². The Bertz CT molecular complexity index is 726. The van der Waals surface area contributed by atoms with Crippen molar-refractivity contribution < 1.29 is 9.59 Å². The van der Waals surface area contributed by atoms with Crippen LogP contribution in [-0.4, -0.2) is 18.2 Å². The molecule has 1 aliphatic heterocycles. The smallest absolute Gasteiger partial charge is 0.258 e. The molecule has 0 atom stereocenters. The summed E-state index contributed by atoms with van der Waals surface area (Å²) < 4.78 is 0. The maximum Gasteiger partial charge on any atom is 0.258 e. The maximum absolute atomic E-state index is 12.6. The highest BCUT2D eigenvalue weighted by Crippen LogP contribution is 2.31. The second kappa shape index (κ2) is 5.51. The van der Waals surface area contributed by atoms with E-state index in [1.165, 1.54) is 0 Å². The molecule has 5 heteroatoms. The van der Waals surface area contributed by atoms with Gasteiger partial charge in [0.1, 0.15) is 0 Å². The van der Waals surface area contributed by atoms with Crippen molar-refractivity contribution in [3.05, 3.63) is 63.6 Å². The first-order valence-corrected chi connectivity index (χ1v) is 7.22. The Balaban J connectivity index is 2.02. The Morgan fingerprint density at radius 2 is 1.67 bits per heavy atom. The zero-order chi connectivity index (χ0) is 15.0. The van der Waals surface area contributed by atoms with Gasteiger partial charge in [0.15, 0.2) is 5.78 Å².